The minimum atomic E-state index is -3.40. The number of hydrogen-bond donors (Lipinski definition) is 1. The van der Waals surface area contributed by atoms with Crippen molar-refractivity contribution in [2.75, 3.05) is 18.0 Å². The van der Waals surface area contributed by atoms with E-state index in [2.05, 4.69) is 32.6 Å². The van der Waals surface area contributed by atoms with Crippen molar-refractivity contribution in [1.82, 2.24) is 14.7 Å². The van der Waals surface area contributed by atoms with Crippen molar-refractivity contribution in [3.8, 4) is 0 Å². The molecule has 132 valence electrons. The highest BCUT2D eigenvalue weighted by atomic mass is 32.2. The van der Waals surface area contributed by atoms with Crippen LogP contribution in [-0.4, -0.2) is 37.5 Å². The predicted octanol–water partition coefficient (Wildman–Crippen LogP) is 3.01. The molecule has 6 nitrogen and oxygen atoms in total. The first-order valence-electron chi connectivity index (χ1n) is 8.05. The Kier molecular flexibility index (Phi) is 4.48. The van der Waals surface area contributed by atoms with Crippen molar-refractivity contribution in [2.45, 2.75) is 30.0 Å². The molecule has 25 heavy (non-hydrogen) atoms. The van der Waals surface area contributed by atoms with Gasteiger partial charge in [0.15, 0.2) is 0 Å². The van der Waals surface area contributed by atoms with Gasteiger partial charge in [0.1, 0.15) is 21.2 Å². The van der Waals surface area contributed by atoms with E-state index in [0.29, 0.717) is 4.21 Å². The molecule has 0 amide bonds. The quantitative estimate of drug-likeness (QED) is 0.736. The van der Waals surface area contributed by atoms with Gasteiger partial charge >= 0.3 is 0 Å². The Morgan fingerprint density at radius 1 is 1.28 bits per heavy atom. The van der Waals surface area contributed by atoms with E-state index in [1.807, 2.05) is 0 Å². The number of thiophene rings is 2. The van der Waals surface area contributed by atoms with Crippen molar-refractivity contribution in [3.63, 3.8) is 0 Å². The van der Waals surface area contributed by atoms with Gasteiger partial charge in [-0.15, -0.1) is 22.7 Å². The van der Waals surface area contributed by atoms with Gasteiger partial charge in [0.2, 0.25) is 10.0 Å². The number of sulfonamides is 1. The first kappa shape index (κ1) is 16.9. The topological polar surface area (TPSA) is 75.2 Å². The van der Waals surface area contributed by atoms with E-state index in [-0.39, 0.29) is 6.04 Å². The van der Waals surface area contributed by atoms with Gasteiger partial charge in [0.25, 0.3) is 0 Å². The lowest BCUT2D eigenvalue weighted by atomic mass is 10.1. The monoisotopic (exact) mass is 394 g/mol. The maximum atomic E-state index is 12.4. The Bertz CT molecular complexity index is 974. The number of rotatable bonds is 4. The van der Waals surface area contributed by atoms with Crippen LogP contribution in [0.3, 0.4) is 0 Å². The summed E-state index contributed by atoms with van der Waals surface area (Å²) in [6.07, 6.45) is 3.14. The first-order chi connectivity index (χ1) is 12.0. The number of nitrogens with one attached hydrogen (secondary N) is 1. The number of aromatic nitrogens is 2. The van der Waals surface area contributed by atoms with Crippen LogP contribution in [0.1, 0.15) is 17.7 Å². The van der Waals surface area contributed by atoms with Crippen molar-refractivity contribution in [1.29, 1.82) is 0 Å². The van der Waals surface area contributed by atoms with Crippen LogP contribution in [0.4, 0.5) is 5.82 Å². The van der Waals surface area contributed by atoms with E-state index in [0.717, 1.165) is 42.0 Å². The molecule has 1 aliphatic rings. The van der Waals surface area contributed by atoms with Crippen LogP contribution < -0.4 is 9.62 Å². The van der Waals surface area contributed by atoms with Crippen LogP contribution in [0.5, 0.6) is 0 Å². The van der Waals surface area contributed by atoms with Gasteiger partial charge in [-0.3, -0.25) is 0 Å². The van der Waals surface area contributed by atoms with E-state index in [1.165, 1.54) is 16.2 Å². The summed E-state index contributed by atoms with van der Waals surface area (Å²) in [6, 6.07) is 5.48. The third kappa shape index (κ3) is 3.41. The molecule has 0 radical (unpaired) electrons. The summed E-state index contributed by atoms with van der Waals surface area (Å²) in [4.78, 5) is 13.3. The van der Waals surface area contributed by atoms with Gasteiger partial charge in [-0.2, -0.15) is 0 Å². The standard InChI is InChI=1S/C16H18N4O2S3/c1-11-9-13-15(17-10-18-16(13)24-11)20-6-4-12(5-7-20)19-25(21,22)14-3-2-8-23-14/h2-3,8-10,12,19H,4-7H2,1H3. The second-order valence-corrected chi connectivity index (χ2v) is 10.2. The van der Waals surface area contributed by atoms with Crippen LogP contribution >= 0.6 is 22.7 Å². The fourth-order valence-corrected chi connectivity index (χ4v) is 6.27. The summed E-state index contributed by atoms with van der Waals surface area (Å²) < 4.78 is 27.9. The maximum absolute atomic E-state index is 12.4. The average molecular weight is 395 g/mol. The van der Waals surface area contributed by atoms with Gasteiger partial charge in [-0.25, -0.2) is 23.1 Å². The molecule has 4 rings (SSSR count). The van der Waals surface area contributed by atoms with Crippen LogP contribution in [0.2, 0.25) is 0 Å². The molecule has 0 aliphatic carbocycles. The molecule has 3 aromatic heterocycles. The zero-order valence-corrected chi connectivity index (χ0v) is 16.1. The molecule has 0 bridgehead atoms. The maximum Gasteiger partial charge on any atom is 0.250 e. The lowest BCUT2D eigenvalue weighted by Crippen LogP contribution is -2.44. The van der Waals surface area contributed by atoms with Crippen molar-refractivity contribution in [2.24, 2.45) is 0 Å². The van der Waals surface area contributed by atoms with Gasteiger partial charge in [-0.05, 0) is 37.3 Å². The number of hydrogen-bond acceptors (Lipinski definition) is 7. The Hall–Kier alpha value is -1.55. The Labute approximate surface area is 154 Å². The highest BCUT2D eigenvalue weighted by Gasteiger charge is 2.26. The first-order valence-corrected chi connectivity index (χ1v) is 11.2. The molecule has 0 unspecified atom stereocenters. The minimum absolute atomic E-state index is 0.0371. The number of nitrogens with zero attached hydrogens (tertiary/aromatic N) is 3. The van der Waals surface area contributed by atoms with E-state index in [9.17, 15) is 8.42 Å². The largest absolute Gasteiger partial charge is 0.356 e. The van der Waals surface area contributed by atoms with Gasteiger partial charge < -0.3 is 4.90 Å². The van der Waals surface area contributed by atoms with Crippen LogP contribution in [-0.2, 0) is 10.0 Å². The fraction of sp³-hybridized carbons (Fsp3) is 0.375. The van der Waals surface area contributed by atoms with Gasteiger partial charge in [0, 0.05) is 24.0 Å². The highest BCUT2D eigenvalue weighted by molar-refractivity contribution is 7.91. The minimum Gasteiger partial charge on any atom is -0.356 e. The third-order valence-electron chi connectivity index (χ3n) is 4.31. The summed E-state index contributed by atoms with van der Waals surface area (Å²) in [7, 11) is -3.40. The van der Waals surface area contributed by atoms with Crippen molar-refractivity contribution < 1.29 is 8.42 Å². The molecule has 4 heterocycles. The SMILES string of the molecule is Cc1cc2c(N3CCC(NS(=O)(=O)c4cccs4)CC3)ncnc2s1. The zero-order valence-electron chi connectivity index (χ0n) is 13.7. The van der Waals surface area contributed by atoms with Crippen LogP contribution in [0.15, 0.2) is 34.1 Å². The summed E-state index contributed by atoms with van der Waals surface area (Å²) >= 11 is 2.91. The summed E-state index contributed by atoms with van der Waals surface area (Å²) in [6.45, 7) is 3.62. The zero-order chi connectivity index (χ0) is 17.4. The third-order valence-corrected chi connectivity index (χ3v) is 8.18. The molecule has 9 heteroatoms. The van der Waals surface area contributed by atoms with Crippen molar-refractivity contribution in [3.05, 3.63) is 34.8 Å². The molecule has 0 saturated carbocycles. The molecule has 3 aromatic rings. The molecule has 1 saturated heterocycles. The normalized spacial score (nSPS) is 16.6. The van der Waals surface area contributed by atoms with Crippen LogP contribution in [0.25, 0.3) is 10.2 Å². The summed E-state index contributed by atoms with van der Waals surface area (Å²) in [5.74, 6) is 0.953. The van der Waals surface area contributed by atoms with Crippen molar-refractivity contribution >= 4 is 48.7 Å². The summed E-state index contributed by atoms with van der Waals surface area (Å²) in [5, 5.41) is 2.86. The number of piperidine rings is 1. The molecule has 0 aromatic carbocycles. The molecule has 0 atom stereocenters. The lowest BCUT2D eigenvalue weighted by molar-refractivity contribution is 0.459. The predicted molar refractivity (Wildman–Crippen MR) is 102 cm³/mol. The second-order valence-electron chi connectivity index (χ2n) is 6.09. The highest BCUT2D eigenvalue weighted by Crippen LogP contribution is 2.31. The van der Waals surface area contributed by atoms with E-state index >= 15 is 0 Å². The Morgan fingerprint density at radius 3 is 2.80 bits per heavy atom. The van der Waals surface area contributed by atoms with E-state index in [4.69, 9.17) is 0 Å². The number of aryl methyl sites for hydroxylation is 1. The van der Waals surface area contributed by atoms with E-state index in [1.54, 1.807) is 35.2 Å². The molecule has 1 aliphatic heterocycles. The average Bonchev–Trinajstić information content (AvgIpc) is 3.23. The number of anilines is 1. The van der Waals surface area contributed by atoms with E-state index < -0.39 is 10.0 Å². The summed E-state index contributed by atoms with van der Waals surface area (Å²) in [5.41, 5.74) is 0. The lowest BCUT2D eigenvalue weighted by Gasteiger charge is -2.33. The number of fused-ring (bicyclic) bond motifs is 1. The van der Waals surface area contributed by atoms with Gasteiger partial charge in [-0.1, -0.05) is 6.07 Å². The second kappa shape index (κ2) is 6.64. The fourth-order valence-electron chi connectivity index (χ4n) is 3.12. The molecule has 0 spiro atoms. The molecule has 1 fully saturated rings. The molecule has 1 N–H and O–H groups in total. The Balaban J connectivity index is 1.46. The smallest absolute Gasteiger partial charge is 0.250 e. The molecular weight excluding hydrogens is 376 g/mol. The molecular formula is C16H18N4O2S3. The Morgan fingerprint density at radius 2 is 2.08 bits per heavy atom. The van der Waals surface area contributed by atoms with Crippen LogP contribution in [0, 0.1) is 6.92 Å². The van der Waals surface area contributed by atoms with Gasteiger partial charge in [0.05, 0.1) is 5.39 Å².